The van der Waals surface area contributed by atoms with E-state index in [1.54, 1.807) is 0 Å². The summed E-state index contributed by atoms with van der Waals surface area (Å²) in [5, 5.41) is 6.45. The van der Waals surface area contributed by atoms with Crippen molar-refractivity contribution in [2.75, 3.05) is 19.8 Å². The van der Waals surface area contributed by atoms with Crippen molar-refractivity contribution in [2.24, 2.45) is 10.8 Å². The van der Waals surface area contributed by atoms with Crippen molar-refractivity contribution in [3.8, 4) is 0 Å². The average molecular weight is 240 g/mol. The zero-order valence-corrected chi connectivity index (χ0v) is 11.3. The summed E-state index contributed by atoms with van der Waals surface area (Å²) >= 11 is 0. The molecule has 4 nitrogen and oxygen atoms in total. The summed E-state index contributed by atoms with van der Waals surface area (Å²) in [5.74, 6) is 0.136. The molecule has 1 aliphatic carbocycles. The number of hydrogen-bond acceptors (Lipinski definition) is 3. The molecule has 2 N–H and O–H groups in total. The maximum atomic E-state index is 11.9. The largest absolute Gasteiger partial charge is 0.378 e. The second kappa shape index (κ2) is 4.25. The Bertz CT molecular complexity index is 293. The molecule has 0 radical (unpaired) electrons. The quantitative estimate of drug-likeness (QED) is 0.771. The van der Waals surface area contributed by atoms with E-state index in [4.69, 9.17) is 4.74 Å². The summed E-state index contributed by atoms with van der Waals surface area (Å²) in [6.45, 7) is 11.1. The number of hydrogen-bond donors (Lipinski definition) is 2. The van der Waals surface area contributed by atoms with E-state index in [1.807, 2.05) is 0 Å². The fraction of sp³-hybridized carbons (Fsp3) is 0.923. The molecule has 2 aliphatic rings. The van der Waals surface area contributed by atoms with Crippen molar-refractivity contribution in [3.63, 3.8) is 0 Å². The third-order valence-electron chi connectivity index (χ3n) is 4.76. The number of rotatable bonds is 3. The first kappa shape index (κ1) is 12.8. The van der Waals surface area contributed by atoms with Gasteiger partial charge in [0.25, 0.3) is 0 Å². The summed E-state index contributed by atoms with van der Waals surface area (Å²) in [6, 6.07) is 0.473. The van der Waals surface area contributed by atoms with Crippen molar-refractivity contribution in [1.82, 2.24) is 10.6 Å². The van der Waals surface area contributed by atoms with Gasteiger partial charge < -0.3 is 15.4 Å². The van der Waals surface area contributed by atoms with Crippen LogP contribution in [0.5, 0.6) is 0 Å². The molecule has 1 unspecified atom stereocenters. The van der Waals surface area contributed by atoms with E-state index >= 15 is 0 Å². The molecular weight excluding hydrogens is 216 g/mol. The molecule has 2 fully saturated rings. The molecule has 0 spiro atoms. The van der Waals surface area contributed by atoms with Crippen LogP contribution in [0, 0.1) is 10.8 Å². The van der Waals surface area contributed by atoms with Gasteiger partial charge in [-0.2, -0.15) is 0 Å². The van der Waals surface area contributed by atoms with E-state index in [0.717, 1.165) is 13.2 Å². The van der Waals surface area contributed by atoms with E-state index < -0.39 is 0 Å². The molecule has 0 aromatic rings. The Labute approximate surface area is 103 Å². The zero-order chi connectivity index (χ0) is 12.7. The Hall–Kier alpha value is -0.610. The second-order valence-electron chi connectivity index (χ2n) is 6.37. The predicted octanol–water partition coefficient (Wildman–Crippen LogP) is 0.916. The standard InChI is InChI=1S/C13H24N2O2/c1-12(2)11(13(12,3)4)15-10(16)7-9-8-17-6-5-14-9/h9,11,14H,5-8H2,1-4H3,(H,15,16). The molecule has 1 heterocycles. The first-order valence-corrected chi connectivity index (χ1v) is 6.46. The molecule has 1 atom stereocenters. The van der Waals surface area contributed by atoms with Crippen LogP contribution >= 0.6 is 0 Å². The van der Waals surface area contributed by atoms with Crippen LogP contribution in [-0.4, -0.2) is 37.7 Å². The summed E-state index contributed by atoms with van der Waals surface area (Å²) < 4.78 is 5.34. The lowest BCUT2D eigenvalue weighted by molar-refractivity contribution is -0.122. The van der Waals surface area contributed by atoms with Crippen LogP contribution in [0.4, 0.5) is 0 Å². The van der Waals surface area contributed by atoms with E-state index in [0.29, 0.717) is 19.1 Å². The molecule has 0 aromatic heterocycles. The Morgan fingerprint density at radius 2 is 2.00 bits per heavy atom. The molecule has 1 saturated carbocycles. The normalized spacial score (nSPS) is 30.9. The number of ether oxygens (including phenoxy) is 1. The first-order chi connectivity index (χ1) is 7.85. The molecule has 17 heavy (non-hydrogen) atoms. The van der Waals surface area contributed by atoms with E-state index in [-0.39, 0.29) is 22.8 Å². The molecule has 1 saturated heterocycles. The maximum Gasteiger partial charge on any atom is 0.221 e. The Kier molecular flexibility index (Phi) is 3.21. The number of carbonyl (C=O) groups excluding carboxylic acids is 1. The Morgan fingerprint density at radius 3 is 2.47 bits per heavy atom. The lowest BCUT2D eigenvalue weighted by atomic mass is 10.0. The third-order valence-corrected chi connectivity index (χ3v) is 4.76. The smallest absolute Gasteiger partial charge is 0.221 e. The molecule has 2 rings (SSSR count). The molecule has 98 valence electrons. The van der Waals surface area contributed by atoms with Gasteiger partial charge in [0.15, 0.2) is 0 Å². The number of amides is 1. The van der Waals surface area contributed by atoms with Crippen molar-refractivity contribution in [2.45, 2.75) is 46.2 Å². The lowest BCUT2D eigenvalue weighted by Gasteiger charge is -2.23. The van der Waals surface area contributed by atoms with E-state index in [2.05, 4.69) is 38.3 Å². The minimum Gasteiger partial charge on any atom is -0.378 e. The van der Waals surface area contributed by atoms with Crippen LogP contribution in [0.15, 0.2) is 0 Å². The highest BCUT2D eigenvalue weighted by Crippen LogP contribution is 2.62. The van der Waals surface area contributed by atoms with Gasteiger partial charge in [0.05, 0.1) is 13.2 Å². The monoisotopic (exact) mass is 240 g/mol. The van der Waals surface area contributed by atoms with Gasteiger partial charge in [-0.1, -0.05) is 27.7 Å². The van der Waals surface area contributed by atoms with E-state index in [1.165, 1.54) is 0 Å². The van der Waals surface area contributed by atoms with Crippen LogP contribution in [0.25, 0.3) is 0 Å². The zero-order valence-electron chi connectivity index (χ0n) is 11.3. The molecule has 4 heteroatoms. The van der Waals surface area contributed by atoms with Gasteiger partial charge in [-0.05, 0) is 10.8 Å². The van der Waals surface area contributed by atoms with Gasteiger partial charge in [-0.3, -0.25) is 4.79 Å². The van der Waals surface area contributed by atoms with Gasteiger partial charge in [0.1, 0.15) is 0 Å². The van der Waals surface area contributed by atoms with E-state index in [9.17, 15) is 4.79 Å². The van der Waals surface area contributed by atoms with Crippen molar-refractivity contribution >= 4 is 5.91 Å². The summed E-state index contributed by atoms with van der Waals surface area (Å²) in [4.78, 5) is 11.9. The van der Waals surface area contributed by atoms with Crippen LogP contribution in [0.3, 0.4) is 0 Å². The highest BCUT2D eigenvalue weighted by atomic mass is 16.5. The van der Waals surface area contributed by atoms with Gasteiger partial charge in [0, 0.05) is 25.0 Å². The Morgan fingerprint density at radius 1 is 1.35 bits per heavy atom. The molecule has 0 aromatic carbocycles. The van der Waals surface area contributed by atoms with Crippen LogP contribution < -0.4 is 10.6 Å². The number of carbonyl (C=O) groups is 1. The second-order valence-corrected chi connectivity index (χ2v) is 6.37. The van der Waals surface area contributed by atoms with Gasteiger partial charge >= 0.3 is 0 Å². The summed E-state index contributed by atoms with van der Waals surface area (Å²) in [7, 11) is 0. The molecule has 0 bridgehead atoms. The molecule has 1 amide bonds. The summed E-state index contributed by atoms with van der Waals surface area (Å²) in [5.41, 5.74) is 0.415. The molecule has 1 aliphatic heterocycles. The Balaban J connectivity index is 1.79. The highest BCUT2D eigenvalue weighted by molar-refractivity contribution is 5.77. The average Bonchev–Trinajstić information content (AvgIpc) is 2.62. The van der Waals surface area contributed by atoms with Gasteiger partial charge in [-0.25, -0.2) is 0 Å². The topological polar surface area (TPSA) is 50.4 Å². The SMILES string of the molecule is CC1(C)C(NC(=O)CC2COCCN2)C1(C)C. The number of nitrogens with one attached hydrogen (secondary N) is 2. The fourth-order valence-electron chi connectivity index (χ4n) is 2.75. The first-order valence-electron chi connectivity index (χ1n) is 6.46. The van der Waals surface area contributed by atoms with Crippen molar-refractivity contribution < 1.29 is 9.53 Å². The maximum absolute atomic E-state index is 11.9. The van der Waals surface area contributed by atoms with Crippen molar-refractivity contribution in [1.29, 1.82) is 0 Å². The van der Waals surface area contributed by atoms with Crippen LogP contribution in [0.1, 0.15) is 34.1 Å². The molecular formula is C13H24N2O2. The van der Waals surface area contributed by atoms with Crippen LogP contribution in [0.2, 0.25) is 0 Å². The fourth-order valence-corrected chi connectivity index (χ4v) is 2.75. The lowest BCUT2D eigenvalue weighted by Crippen LogP contribution is -2.45. The van der Waals surface area contributed by atoms with Gasteiger partial charge in [0.2, 0.25) is 5.91 Å². The van der Waals surface area contributed by atoms with Crippen molar-refractivity contribution in [3.05, 3.63) is 0 Å². The minimum atomic E-state index is 0.136. The predicted molar refractivity (Wildman–Crippen MR) is 66.7 cm³/mol. The third kappa shape index (κ3) is 2.33. The van der Waals surface area contributed by atoms with Crippen LogP contribution in [-0.2, 0) is 9.53 Å². The van der Waals surface area contributed by atoms with Gasteiger partial charge in [-0.15, -0.1) is 0 Å². The minimum absolute atomic E-state index is 0.136. The number of morpholine rings is 1. The summed E-state index contributed by atoms with van der Waals surface area (Å²) in [6.07, 6.45) is 0.517. The highest BCUT2D eigenvalue weighted by Gasteiger charge is 2.65.